The second kappa shape index (κ2) is 6.31. The smallest absolute Gasteiger partial charge is 0.240 e. The summed E-state index contributed by atoms with van der Waals surface area (Å²) in [5, 5.41) is 2.81. The molecule has 5 nitrogen and oxygen atoms in total. The number of halogens is 1. The number of aromatic nitrogens is 1. The molecule has 0 aliphatic carbocycles. The van der Waals surface area contributed by atoms with E-state index in [0.29, 0.717) is 6.54 Å². The average Bonchev–Trinajstić information content (AvgIpc) is 3.16. The number of sulfonamides is 1. The van der Waals surface area contributed by atoms with E-state index in [1.807, 2.05) is 5.38 Å². The lowest BCUT2D eigenvalue weighted by Gasteiger charge is -2.24. The van der Waals surface area contributed by atoms with Crippen molar-refractivity contribution < 1.29 is 12.8 Å². The fraction of sp³-hybridized carbons (Fsp3) is 0.357. The Labute approximate surface area is 132 Å². The monoisotopic (exact) mass is 341 g/mol. The second-order valence-electron chi connectivity index (χ2n) is 5.11. The van der Waals surface area contributed by atoms with Crippen molar-refractivity contribution in [1.82, 2.24) is 9.71 Å². The molecule has 1 aliphatic rings. The first-order valence-corrected chi connectivity index (χ1v) is 9.34. The highest BCUT2D eigenvalue weighted by Gasteiger charge is 2.28. The Bertz CT molecular complexity index is 734. The van der Waals surface area contributed by atoms with E-state index in [2.05, 4.69) is 14.6 Å². The molecule has 1 saturated heterocycles. The van der Waals surface area contributed by atoms with Crippen molar-refractivity contribution in [3.63, 3.8) is 0 Å². The van der Waals surface area contributed by atoms with E-state index in [9.17, 15) is 12.8 Å². The predicted octanol–water partition coefficient (Wildman–Crippen LogP) is 2.23. The average molecular weight is 341 g/mol. The third kappa shape index (κ3) is 3.29. The van der Waals surface area contributed by atoms with Gasteiger partial charge in [-0.1, -0.05) is 6.07 Å². The van der Waals surface area contributed by atoms with E-state index >= 15 is 0 Å². The first kappa shape index (κ1) is 15.4. The predicted molar refractivity (Wildman–Crippen MR) is 84.1 cm³/mol. The van der Waals surface area contributed by atoms with Crippen molar-refractivity contribution in [1.29, 1.82) is 0 Å². The number of anilines is 1. The Morgan fingerprint density at radius 1 is 1.45 bits per heavy atom. The molecule has 1 N–H and O–H groups in total. The SMILES string of the molecule is O=S(=O)(NC[C@@H]1CCCN1c1nccs1)c1cccc(F)c1. The summed E-state index contributed by atoms with van der Waals surface area (Å²) in [4.78, 5) is 6.35. The van der Waals surface area contributed by atoms with Gasteiger partial charge in [-0.2, -0.15) is 0 Å². The third-order valence-corrected chi connectivity index (χ3v) is 5.89. The number of nitrogens with zero attached hydrogens (tertiary/aromatic N) is 2. The molecule has 118 valence electrons. The lowest BCUT2D eigenvalue weighted by Crippen LogP contribution is -2.40. The quantitative estimate of drug-likeness (QED) is 0.906. The lowest BCUT2D eigenvalue weighted by atomic mass is 10.2. The number of rotatable bonds is 5. The zero-order valence-electron chi connectivity index (χ0n) is 11.8. The zero-order valence-corrected chi connectivity index (χ0v) is 13.4. The van der Waals surface area contributed by atoms with Gasteiger partial charge in [0.25, 0.3) is 0 Å². The molecule has 0 radical (unpaired) electrons. The van der Waals surface area contributed by atoms with Crippen LogP contribution in [0, 0.1) is 5.82 Å². The maximum atomic E-state index is 13.2. The van der Waals surface area contributed by atoms with Crippen LogP contribution in [0.1, 0.15) is 12.8 Å². The highest BCUT2D eigenvalue weighted by Crippen LogP contribution is 2.27. The van der Waals surface area contributed by atoms with E-state index in [4.69, 9.17) is 0 Å². The zero-order chi connectivity index (χ0) is 15.6. The first-order chi connectivity index (χ1) is 10.6. The van der Waals surface area contributed by atoms with Gasteiger partial charge in [0, 0.05) is 30.7 Å². The summed E-state index contributed by atoms with van der Waals surface area (Å²) >= 11 is 1.54. The fourth-order valence-corrected chi connectivity index (χ4v) is 4.43. The van der Waals surface area contributed by atoms with Crippen LogP contribution in [0.25, 0.3) is 0 Å². The molecule has 1 fully saturated rings. The molecule has 0 saturated carbocycles. The summed E-state index contributed by atoms with van der Waals surface area (Å²) in [6.07, 6.45) is 3.66. The molecule has 3 rings (SSSR count). The van der Waals surface area contributed by atoms with Crippen molar-refractivity contribution >= 4 is 26.5 Å². The van der Waals surface area contributed by atoms with Crippen LogP contribution in [-0.2, 0) is 10.0 Å². The Hall–Kier alpha value is -1.51. The standard InChI is InChI=1S/C14H16FN3O2S2/c15-11-3-1-5-13(9-11)22(19,20)17-10-12-4-2-7-18(12)14-16-6-8-21-14/h1,3,5-6,8-9,12,17H,2,4,7,10H2/t12-/m0/s1. The second-order valence-corrected chi connectivity index (χ2v) is 7.75. The summed E-state index contributed by atoms with van der Waals surface area (Å²) in [6.45, 7) is 1.16. The van der Waals surface area contributed by atoms with Gasteiger partial charge < -0.3 is 4.90 Å². The van der Waals surface area contributed by atoms with E-state index in [1.54, 1.807) is 17.5 Å². The fourth-order valence-electron chi connectivity index (χ4n) is 2.58. The molecular weight excluding hydrogens is 325 g/mol. The van der Waals surface area contributed by atoms with Crippen LogP contribution in [0.4, 0.5) is 9.52 Å². The van der Waals surface area contributed by atoms with Gasteiger partial charge in [0.2, 0.25) is 10.0 Å². The lowest BCUT2D eigenvalue weighted by molar-refractivity contribution is 0.564. The molecule has 22 heavy (non-hydrogen) atoms. The van der Waals surface area contributed by atoms with Gasteiger partial charge >= 0.3 is 0 Å². The van der Waals surface area contributed by atoms with Gasteiger partial charge in [0.15, 0.2) is 5.13 Å². The van der Waals surface area contributed by atoms with Gasteiger partial charge in [0.05, 0.1) is 4.90 Å². The van der Waals surface area contributed by atoms with Crippen LogP contribution < -0.4 is 9.62 Å². The van der Waals surface area contributed by atoms with Crippen molar-refractivity contribution in [3.05, 3.63) is 41.7 Å². The largest absolute Gasteiger partial charge is 0.344 e. The topological polar surface area (TPSA) is 62.3 Å². The summed E-state index contributed by atoms with van der Waals surface area (Å²) in [5.41, 5.74) is 0. The molecule has 1 aromatic heterocycles. The summed E-state index contributed by atoms with van der Waals surface area (Å²) < 4.78 is 40.2. The number of hydrogen-bond acceptors (Lipinski definition) is 5. The molecular formula is C14H16FN3O2S2. The van der Waals surface area contributed by atoms with Crippen LogP contribution in [0.15, 0.2) is 40.7 Å². The molecule has 1 atom stereocenters. The van der Waals surface area contributed by atoms with Crippen LogP contribution in [0.3, 0.4) is 0 Å². The molecule has 1 aromatic carbocycles. The molecule has 1 aliphatic heterocycles. The van der Waals surface area contributed by atoms with Crippen molar-refractivity contribution in [3.8, 4) is 0 Å². The van der Waals surface area contributed by atoms with Crippen LogP contribution in [0.5, 0.6) is 0 Å². The molecule has 2 aromatic rings. The normalized spacial score (nSPS) is 18.8. The minimum absolute atomic E-state index is 0.0497. The molecule has 8 heteroatoms. The van der Waals surface area contributed by atoms with Gasteiger partial charge in [-0.15, -0.1) is 11.3 Å². The maximum absolute atomic E-state index is 13.2. The Kier molecular flexibility index (Phi) is 4.42. The third-order valence-electron chi connectivity index (χ3n) is 3.66. The maximum Gasteiger partial charge on any atom is 0.240 e. The van der Waals surface area contributed by atoms with Gasteiger partial charge in [-0.3, -0.25) is 0 Å². The minimum atomic E-state index is -3.70. The summed E-state index contributed by atoms with van der Waals surface area (Å²) in [6, 6.07) is 5.10. The highest BCUT2D eigenvalue weighted by atomic mass is 32.2. The van der Waals surface area contributed by atoms with E-state index in [0.717, 1.165) is 30.6 Å². The van der Waals surface area contributed by atoms with Gasteiger partial charge in [-0.05, 0) is 31.0 Å². The molecule has 0 bridgehead atoms. The van der Waals surface area contributed by atoms with Crippen LogP contribution in [-0.4, -0.2) is 32.5 Å². The molecule has 0 spiro atoms. The van der Waals surface area contributed by atoms with Crippen molar-refractivity contribution in [2.75, 3.05) is 18.0 Å². The Morgan fingerprint density at radius 2 is 2.32 bits per heavy atom. The highest BCUT2D eigenvalue weighted by molar-refractivity contribution is 7.89. The molecule has 0 amide bonds. The van der Waals surface area contributed by atoms with Crippen LogP contribution in [0.2, 0.25) is 0 Å². The van der Waals surface area contributed by atoms with Gasteiger partial charge in [-0.25, -0.2) is 22.5 Å². The Balaban J connectivity index is 1.69. The van der Waals surface area contributed by atoms with Gasteiger partial charge in [0.1, 0.15) is 5.82 Å². The number of thiazole rings is 1. The first-order valence-electron chi connectivity index (χ1n) is 6.97. The van der Waals surface area contributed by atoms with Crippen molar-refractivity contribution in [2.45, 2.75) is 23.8 Å². The number of benzene rings is 1. The van der Waals surface area contributed by atoms with E-state index in [-0.39, 0.29) is 10.9 Å². The molecule has 2 heterocycles. The Morgan fingerprint density at radius 3 is 3.05 bits per heavy atom. The molecule has 0 unspecified atom stereocenters. The number of hydrogen-bond donors (Lipinski definition) is 1. The van der Waals surface area contributed by atoms with E-state index < -0.39 is 15.8 Å². The van der Waals surface area contributed by atoms with E-state index in [1.165, 1.54) is 18.2 Å². The summed E-state index contributed by atoms with van der Waals surface area (Å²) in [7, 11) is -3.70. The van der Waals surface area contributed by atoms with Crippen molar-refractivity contribution in [2.24, 2.45) is 0 Å². The van der Waals surface area contributed by atoms with Crippen LogP contribution >= 0.6 is 11.3 Å². The minimum Gasteiger partial charge on any atom is -0.344 e. The summed E-state index contributed by atoms with van der Waals surface area (Å²) in [5.74, 6) is -0.562. The number of nitrogens with one attached hydrogen (secondary N) is 1.